The summed E-state index contributed by atoms with van der Waals surface area (Å²) in [4.78, 5) is 2.19. The van der Waals surface area contributed by atoms with Gasteiger partial charge in [-0.05, 0) is 32.5 Å². The molecule has 1 unspecified atom stereocenters. The van der Waals surface area contributed by atoms with E-state index < -0.39 is 0 Å². The van der Waals surface area contributed by atoms with Crippen LogP contribution in [0.25, 0.3) is 0 Å². The van der Waals surface area contributed by atoms with Crippen molar-refractivity contribution in [1.29, 1.82) is 0 Å². The molecule has 0 saturated heterocycles. The average Bonchev–Trinajstić information content (AvgIpc) is 2.14. The molecule has 3 heteroatoms. The number of hydrogen-bond donors (Lipinski definition) is 2. The van der Waals surface area contributed by atoms with Crippen molar-refractivity contribution in [1.82, 2.24) is 4.90 Å². The molecule has 0 aliphatic carbocycles. The Balaban J connectivity index is 4.38. The van der Waals surface area contributed by atoms with Crippen LogP contribution in [-0.4, -0.2) is 30.1 Å². The fraction of sp³-hybridized carbons (Fsp3) is 0.800. The van der Waals surface area contributed by atoms with Crippen LogP contribution in [0.5, 0.6) is 0 Å². The van der Waals surface area contributed by atoms with Crippen molar-refractivity contribution in [3.05, 3.63) is 12.8 Å². The van der Waals surface area contributed by atoms with Gasteiger partial charge < -0.3 is 16.4 Å². The van der Waals surface area contributed by atoms with Crippen molar-refractivity contribution in [2.24, 2.45) is 11.5 Å². The highest BCUT2D eigenvalue weighted by Crippen LogP contribution is 2.22. The van der Waals surface area contributed by atoms with Crippen molar-refractivity contribution < 1.29 is 0 Å². The third-order valence-corrected chi connectivity index (χ3v) is 2.73. The smallest absolute Gasteiger partial charge is 0.0378 e. The molecule has 0 aliphatic heterocycles. The van der Waals surface area contributed by atoms with E-state index in [2.05, 4.69) is 25.3 Å². The van der Waals surface area contributed by atoms with Crippen LogP contribution in [0.4, 0.5) is 0 Å². The highest BCUT2D eigenvalue weighted by molar-refractivity contribution is 4.90. The Kier molecular flexibility index (Phi) is 5.75. The zero-order valence-corrected chi connectivity index (χ0v) is 8.92. The standard InChI is InChI=1S/C10H23N3/c1-4-10(3,6-7-11)13(5-2)9-8-12/h5H,2,4,6-9,11-12H2,1,3H3. The van der Waals surface area contributed by atoms with Gasteiger partial charge in [0.2, 0.25) is 0 Å². The summed E-state index contributed by atoms with van der Waals surface area (Å²) >= 11 is 0. The van der Waals surface area contributed by atoms with Gasteiger partial charge in [-0.2, -0.15) is 0 Å². The molecule has 0 fully saturated rings. The van der Waals surface area contributed by atoms with E-state index in [0.717, 1.165) is 19.4 Å². The summed E-state index contributed by atoms with van der Waals surface area (Å²) in [6.45, 7) is 10.4. The van der Waals surface area contributed by atoms with E-state index in [1.807, 2.05) is 6.20 Å². The van der Waals surface area contributed by atoms with Crippen molar-refractivity contribution >= 4 is 0 Å². The molecule has 0 aromatic carbocycles. The minimum Gasteiger partial charge on any atom is -0.371 e. The van der Waals surface area contributed by atoms with Crippen LogP contribution >= 0.6 is 0 Å². The molecule has 0 bridgehead atoms. The second-order valence-corrected chi connectivity index (χ2v) is 3.55. The monoisotopic (exact) mass is 185 g/mol. The second kappa shape index (κ2) is 6.00. The summed E-state index contributed by atoms with van der Waals surface area (Å²) in [5.74, 6) is 0. The molecule has 4 N–H and O–H groups in total. The Hall–Kier alpha value is -0.540. The van der Waals surface area contributed by atoms with Gasteiger partial charge in [0.15, 0.2) is 0 Å². The first-order valence-corrected chi connectivity index (χ1v) is 4.94. The van der Waals surface area contributed by atoms with Crippen LogP contribution < -0.4 is 11.5 Å². The van der Waals surface area contributed by atoms with Gasteiger partial charge in [-0.3, -0.25) is 0 Å². The first kappa shape index (κ1) is 12.5. The first-order valence-electron chi connectivity index (χ1n) is 4.94. The summed E-state index contributed by atoms with van der Waals surface area (Å²) in [7, 11) is 0. The lowest BCUT2D eigenvalue weighted by atomic mass is 9.92. The largest absolute Gasteiger partial charge is 0.371 e. The molecule has 13 heavy (non-hydrogen) atoms. The Morgan fingerprint density at radius 1 is 1.38 bits per heavy atom. The Morgan fingerprint density at radius 2 is 2.00 bits per heavy atom. The van der Waals surface area contributed by atoms with E-state index in [1.54, 1.807) is 0 Å². The zero-order chi connectivity index (χ0) is 10.3. The van der Waals surface area contributed by atoms with Crippen molar-refractivity contribution in [3.8, 4) is 0 Å². The van der Waals surface area contributed by atoms with E-state index in [-0.39, 0.29) is 5.54 Å². The molecule has 0 aliphatic rings. The first-order chi connectivity index (χ1) is 6.14. The third-order valence-electron chi connectivity index (χ3n) is 2.73. The van der Waals surface area contributed by atoms with Crippen LogP contribution in [0.15, 0.2) is 12.8 Å². The predicted molar refractivity (Wildman–Crippen MR) is 58.3 cm³/mol. The molecule has 0 rings (SSSR count). The van der Waals surface area contributed by atoms with Gasteiger partial charge in [0.1, 0.15) is 0 Å². The normalized spacial score (nSPS) is 15.1. The molecule has 78 valence electrons. The molecule has 0 amide bonds. The lowest BCUT2D eigenvalue weighted by Gasteiger charge is -2.40. The molecular formula is C10H23N3. The number of rotatable bonds is 7. The van der Waals surface area contributed by atoms with Crippen LogP contribution in [0.2, 0.25) is 0 Å². The molecule has 0 radical (unpaired) electrons. The van der Waals surface area contributed by atoms with Crippen molar-refractivity contribution in [3.63, 3.8) is 0 Å². The molecule has 3 nitrogen and oxygen atoms in total. The fourth-order valence-electron chi connectivity index (χ4n) is 1.56. The van der Waals surface area contributed by atoms with Crippen LogP contribution in [0.3, 0.4) is 0 Å². The maximum absolute atomic E-state index is 5.59. The third kappa shape index (κ3) is 3.36. The molecular weight excluding hydrogens is 162 g/mol. The average molecular weight is 185 g/mol. The van der Waals surface area contributed by atoms with Crippen LogP contribution in [0.1, 0.15) is 26.7 Å². The summed E-state index contributed by atoms with van der Waals surface area (Å²) < 4.78 is 0. The van der Waals surface area contributed by atoms with Gasteiger partial charge in [0.05, 0.1) is 0 Å². The van der Waals surface area contributed by atoms with E-state index in [4.69, 9.17) is 11.5 Å². The van der Waals surface area contributed by atoms with Gasteiger partial charge in [-0.1, -0.05) is 13.5 Å². The van der Waals surface area contributed by atoms with Gasteiger partial charge in [0, 0.05) is 18.6 Å². The van der Waals surface area contributed by atoms with Gasteiger partial charge in [0.25, 0.3) is 0 Å². The van der Waals surface area contributed by atoms with Crippen molar-refractivity contribution in [2.75, 3.05) is 19.6 Å². The van der Waals surface area contributed by atoms with Crippen LogP contribution in [-0.2, 0) is 0 Å². The van der Waals surface area contributed by atoms with E-state index in [0.29, 0.717) is 13.1 Å². The molecule has 0 heterocycles. The highest BCUT2D eigenvalue weighted by Gasteiger charge is 2.25. The molecule has 0 saturated carbocycles. The Bertz CT molecular complexity index is 147. The lowest BCUT2D eigenvalue weighted by molar-refractivity contribution is 0.153. The number of hydrogen-bond acceptors (Lipinski definition) is 3. The highest BCUT2D eigenvalue weighted by atomic mass is 15.2. The number of nitrogens with zero attached hydrogens (tertiary/aromatic N) is 1. The fourth-order valence-corrected chi connectivity index (χ4v) is 1.56. The van der Waals surface area contributed by atoms with E-state index >= 15 is 0 Å². The zero-order valence-electron chi connectivity index (χ0n) is 8.92. The van der Waals surface area contributed by atoms with Crippen LogP contribution in [0, 0.1) is 0 Å². The Labute approximate surface area is 81.8 Å². The second-order valence-electron chi connectivity index (χ2n) is 3.55. The summed E-state index contributed by atoms with van der Waals surface area (Å²) in [6.07, 6.45) is 3.91. The van der Waals surface area contributed by atoms with Gasteiger partial charge in [-0.25, -0.2) is 0 Å². The maximum Gasteiger partial charge on any atom is 0.0378 e. The summed E-state index contributed by atoms with van der Waals surface area (Å²) in [6, 6.07) is 0. The molecule has 1 atom stereocenters. The Morgan fingerprint density at radius 3 is 2.31 bits per heavy atom. The minimum absolute atomic E-state index is 0.121. The van der Waals surface area contributed by atoms with E-state index in [1.165, 1.54) is 0 Å². The predicted octanol–water partition coefficient (Wildman–Crippen LogP) is 0.908. The maximum atomic E-state index is 5.59. The summed E-state index contributed by atoms with van der Waals surface area (Å²) in [5, 5.41) is 0. The quantitative estimate of drug-likeness (QED) is 0.620. The summed E-state index contributed by atoms with van der Waals surface area (Å²) in [5.41, 5.74) is 11.2. The lowest BCUT2D eigenvalue weighted by Crippen LogP contribution is -2.46. The number of nitrogens with two attached hydrogens (primary N) is 2. The molecule has 0 aromatic rings. The van der Waals surface area contributed by atoms with E-state index in [9.17, 15) is 0 Å². The van der Waals surface area contributed by atoms with Crippen molar-refractivity contribution in [2.45, 2.75) is 32.2 Å². The SMILES string of the molecule is C=CN(CCN)C(C)(CC)CCN. The topological polar surface area (TPSA) is 55.3 Å². The van der Waals surface area contributed by atoms with Gasteiger partial charge >= 0.3 is 0 Å². The minimum atomic E-state index is 0.121. The van der Waals surface area contributed by atoms with Gasteiger partial charge in [-0.15, -0.1) is 0 Å². The molecule has 0 aromatic heterocycles. The molecule has 0 spiro atoms.